The van der Waals surface area contributed by atoms with Crippen LogP contribution < -0.4 is 5.32 Å². The lowest BCUT2D eigenvalue weighted by Crippen LogP contribution is -2.23. The van der Waals surface area contributed by atoms with Crippen molar-refractivity contribution in [1.29, 1.82) is 0 Å². The summed E-state index contributed by atoms with van der Waals surface area (Å²) in [4.78, 5) is 26.5. The van der Waals surface area contributed by atoms with Gasteiger partial charge in [0.1, 0.15) is 12.3 Å². The molecule has 1 amide bonds. The summed E-state index contributed by atoms with van der Waals surface area (Å²) in [5.74, 6) is 0.554. The van der Waals surface area contributed by atoms with E-state index in [-0.39, 0.29) is 5.91 Å². The standard InChI is InChI=1S/C28H23N7O2/c36-28(31-14-20-5-7-21(8-6-20)17-34-11-10-30-19-34)24-13-26(22-3-1-9-29-15-22)33-27-25(24)16-32-35(27)18-23-4-2-12-37-23/h1-13,15-16,19H,14,17-18H2,(H,31,36). The Morgan fingerprint density at radius 1 is 0.946 bits per heavy atom. The van der Waals surface area contributed by atoms with Gasteiger partial charge >= 0.3 is 0 Å². The van der Waals surface area contributed by atoms with Gasteiger partial charge in [0.05, 0.1) is 35.4 Å². The molecular formula is C28H23N7O2. The first-order valence-electron chi connectivity index (χ1n) is 11.8. The second-order valence-electron chi connectivity index (χ2n) is 8.65. The fourth-order valence-electron chi connectivity index (χ4n) is 4.19. The number of nitrogens with zero attached hydrogens (tertiary/aromatic N) is 6. The van der Waals surface area contributed by atoms with Gasteiger partial charge in [-0.1, -0.05) is 24.3 Å². The van der Waals surface area contributed by atoms with E-state index in [2.05, 4.69) is 32.5 Å². The zero-order valence-electron chi connectivity index (χ0n) is 19.9. The number of hydrogen-bond acceptors (Lipinski definition) is 6. The summed E-state index contributed by atoms with van der Waals surface area (Å²) in [7, 11) is 0. The fourth-order valence-corrected chi connectivity index (χ4v) is 4.19. The van der Waals surface area contributed by atoms with Crippen LogP contribution in [0.15, 0.2) is 103 Å². The van der Waals surface area contributed by atoms with Crippen LogP contribution in [0.25, 0.3) is 22.3 Å². The summed E-state index contributed by atoms with van der Waals surface area (Å²) in [6, 6.07) is 17.4. The molecule has 9 heteroatoms. The van der Waals surface area contributed by atoms with Crippen molar-refractivity contribution >= 4 is 16.9 Å². The first kappa shape index (κ1) is 22.4. The SMILES string of the molecule is O=C(NCc1ccc(Cn2ccnc2)cc1)c1cc(-c2cccnc2)nc2c1cnn2Cc1ccco1. The largest absolute Gasteiger partial charge is 0.467 e. The van der Waals surface area contributed by atoms with Gasteiger partial charge in [-0.05, 0) is 41.5 Å². The van der Waals surface area contributed by atoms with Crippen LogP contribution in [0.2, 0.25) is 0 Å². The fraction of sp³-hybridized carbons (Fsp3) is 0.107. The summed E-state index contributed by atoms with van der Waals surface area (Å²) < 4.78 is 9.24. The summed E-state index contributed by atoms with van der Waals surface area (Å²) in [6.07, 6.45) is 12.2. The number of rotatable bonds is 8. The van der Waals surface area contributed by atoms with Gasteiger partial charge in [0, 0.05) is 43.4 Å². The van der Waals surface area contributed by atoms with E-state index in [9.17, 15) is 4.79 Å². The molecule has 9 nitrogen and oxygen atoms in total. The van der Waals surface area contributed by atoms with E-state index < -0.39 is 0 Å². The number of pyridine rings is 2. The molecule has 0 fully saturated rings. The van der Waals surface area contributed by atoms with Gasteiger partial charge in [0.25, 0.3) is 5.91 Å². The normalized spacial score (nSPS) is 11.1. The molecule has 0 aliphatic carbocycles. The van der Waals surface area contributed by atoms with Crippen LogP contribution in [0.5, 0.6) is 0 Å². The Bertz CT molecular complexity index is 1620. The van der Waals surface area contributed by atoms with Gasteiger partial charge in [-0.25, -0.2) is 14.6 Å². The maximum Gasteiger partial charge on any atom is 0.252 e. The highest BCUT2D eigenvalue weighted by molar-refractivity contribution is 6.06. The molecule has 0 unspecified atom stereocenters. The lowest BCUT2D eigenvalue weighted by atomic mass is 10.1. The first-order chi connectivity index (χ1) is 18.2. The molecule has 0 atom stereocenters. The van der Waals surface area contributed by atoms with E-state index in [1.807, 2.05) is 47.2 Å². The topological polar surface area (TPSA) is 104 Å². The average Bonchev–Trinajstić information content (AvgIpc) is 3.72. The predicted molar refractivity (Wildman–Crippen MR) is 138 cm³/mol. The number of furan rings is 1. The Kier molecular flexibility index (Phi) is 6.00. The van der Waals surface area contributed by atoms with Crippen molar-refractivity contribution in [2.24, 2.45) is 0 Å². The lowest BCUT2D eigenvalue weighted by molar-refractivity contribution is 0.0952. The monoisotopic (exact) mass is 489 g/mol. The van der Waals surface area contributed by atoms with Gasteiger partial charge in [0.15, 0.2) is 5.65 Å². The predicted octanol–water partition coefficient (Wildman–Crippen LogP) is 4.31. The highest BCUT2D eigenvalue weighted by atomic mass is 16.3. The Labute approximate surface area is 212 Å². The zero-order chi connectivity index (χ0) is 25.0. The molecule has 0 saturated heterocycles. The van der Waals surface area contributed by atoms with E-state index >= 15 is 0 Å². The van der Waals surface area contributed by atoms with Crippen molar-refractivity contribution in [1.82, 2.24) is 34.6 Å². The van der Waals surface area contributed by atoms with Crippen LogP contribution in [0.3, 0.4) is 0 Å². The van der Waals surface area contributed by atoms with Crippen LogP contribution in [-0.2, 0) is 19.6 Å². The van der Waals surface area contributed by atoms with Gasteiger partial charge < -0.3 is 14.3 Å². The number of imidazole rings is 1. The average molecular weight is 490 g/mol. The molecule has 5 aromatic heterocycles. The van der Waals surface area contributed by atoms with E-state index in [0.717, 1.165) is 29.0 Å². The number of fused-ring (bicyclic) bond motifs is 1. The van der Waals surface area contributed by atoms with E-state index in [0.29, 0.717) is 35.4 Å². The van der Waals surface area contributed by atoms with E-state index in [1.165, 1.54) is 0 Å². The zero-order valence-corrected chi connectivity index (χ0v) is 19.9. The minimum Gasteiger partial charge on any atom is -0.467 e. The third-order valence-corrected chi connectivity index (χ3v) is 6.10. The number of amides is 1. The summed E-state index contributed by atoms with van der Waals surface area (Å²) in [5, 5.41) is 8.22. The van der Waals surface area contributed by atoms with Crippen LogP contribution in [-0.4, -0.2) is 35.2 Å². The third-order valence-electron chi connectivity index (χ3n) is 6.10. The molecule has 5 heterocycles. The summed E-state index contributed by atoms with van der Waals surface area (Å²) >= 11 is 0. The molecule has 1 N–H and O–H groups in total. The number of carbonyl (C=O) groups is 1. The van der Waals surface area contributed by atoms with Crippen LogP contribution in [0.1, 0.15) is 27.2 Å². The van der Waals surface area contributed by atoms with Crippen molar-refractivity contribution in [3.8, 4) is 11.3 Å². The third kappa shape index (κ3) is 4.87. The molecule has 1 aromatic carbocycles. The lowest BCUT2D eigenvalue weighted by Gasteiger charge is -2.10. The Morgan fingerprint density at radius 2 is 1.84 bits per heavy atom. The van der Waals surface area contributed by atoms with Crippen LogP contribution >= 0.6 is 0 Å². The van der Waals surface area contributed by atoms with Crippen LogP contribution in [0, 0.1) is 0 Å². The van der Waals surface area contributed by atoms with Gasteiger partial charge in [-0.3, -0.25) is 9.78 Å². The number of benzene rings is 1. The molecule has 0 saturated carbocycles. The smallest absolute Gasteiger partial charge is 0.252 e. The molecule has 0 aliphatic heterocycles. The molecule has 0 radical (unpaired) electrons. The van der Waals surface area contributed by atoms with Crippen molar-refractivity contribution in [2.75, 3.05) is 0 Å². The Balaban J connectivity index is 1.26. The summed E-state index contributed by atoms with van der Waals surface area (Å²) in [6.45, 7) is 1.56. The summed E-state index contributed by atoms with van der Waals surface area (Å²) in [5.41, 5.74) is 4.74. The molecule has 37 heavy (non-hydrogen) atoms. The quantitative estimate of drug-likeness (QED) is 0.342. The molecule has 182 valence electrons. The Morgan fingerprint density at radius 3 is 2.59 bits per heavy atom. The maximum absolute atomic E-state index is 13.4. The Hall–Kier alpha value is -5.05. The second-order valence-corrected chi connectivity index (χ2v) is 8.65. The van der Waals surface area contributed by atoms with Crippen molar-refractivity contribution in [3.05, 3.63) is 121 Å². The number of nitrogens with one attached hydrogen (secondary N) is 1. The van der Waals surface area contributed by atoms with Gasteiger partial charge in [0.2, 0.25) is 0 Å². The first-order valence-corrected chi connectivity index (χ1v) is 11.8. The molecule has 0 aliphatic rings. The highest BCUT2D eigenvalue weighted by Crippen LogP contribution is 2.25. The number of hydrogen-bond donors (Lipinski definition) is 1. The van der Waals surface area contributed by atoms with E-state index in [1.54, 1.807) is 48.1 Å². The maximum atomic E-state index is 13.4. The molecule has 6 aromatic rings. The highest BCUT2D eigenvalue weighted by Gasteiger charge is 2.18. The molecular weight excluding hydrogens is 466 g/mol. The molecule has 0 spiro atoms. The minimum absolute atomic E-state index is 0.197. The van der Waals surface area contributed by atoms with Crippen LogP contribution in [0.4, 0.5) is 0 Å². The minimum atomic E-state index is -0.197. The number of aromatic nitrogens is 6. The van der Waals surface area contributed by atoms with Gasteiger partial charge in [-0.2, -0.15) is 5.10 Å². The van der Waals surface area contributed by atoms with Crippen molar-refractivity contribution < 1.29 is 9.21 Å². The van der Waals surface area contributed by atoms with E-state index in [4.69, 9.17) is 9.40 Å². The van der Waals surface area contributed by atoms with Crippen molar-refractivity contribution in [3.63, 3.8) is 0 Å². The second kappa shape index (κ2) is 9.90. The van der Waals surface area contributed by atoms with Gasteiger partial charge in [-0.15, -0.1) is 0 Å². The number of carbonyl (C=O) groups excluding carboxylic acids is 1. The van der Waals surface area contributed by atoms with Crippen molar-refractivity contribution in [2.45, 2.75) is 19.6 Å². The molecule has 0 bridgehead atoms. The molecule has 6 rings (SSSR count).